The topological polar surface area (TPSA) is 96.3 Å². The Morgan fingerprint density at radius 1 is 1.36 bits per heavy atom. The molecule has 1 amide bonds. The Bertz CT molecular complexity index is 958. The van der Waals surface area contributed by atoms with Crippen LogP contribution in [0.3, 0.4) is 0 Å². The van der Waals surface area contributed by atoms with Crippen LogP contribution >= 0.6 is 11.6 Å². The highest BCUT2D eigenvalue weighted by atomic mass is 35.5. The number of halogens is 1. The molecule has 1 aliphatic rings. The second-order valence-corrected chi connectivity index (χ2v) is 9.01. The third-order valence-electron chi connectivity index (χ3n) is 4.93. The number of aromatic nitrogens is 2. The summed E-state index contributed by atoms with van der Waals surface area (Å²) >= 11 is 5.87. The van der Waals surface area contributed by atoms with Crippen LogP contribution in [0.15, 0.2) is 30.5 Å². The Kier molecular flexibility index (Phi) is 6.09. The molecule has 0 bridgehead atoms. The van der Waals surface area contributed by atoms with Crippen LogP contribution in [0.5, 0.6) is 0 Å². The number of nitrogens with zero attached hydrogens (tertiary/aromatic N) is 3. The molecule has 2 aromatic rings. The maximum absolute atomic E-state index is 12.8. The third kappa shape index (κ3) is 4.38. The highest BCUT2D eigenvalue weighted by Crippen LogP contribution is 2.29. The van der Waals surface area contributed by atoms with Gasteiger partial charge in [0.2, 0.25) is 5.91 Å². The number of aryl methyl sites for hydroxylation is 2. The molecule has 1 aromatic carbocycles. The Morgan fingerprint density at radius 3 is 2.64 bits per heavy atom. The molecule has 0 unspecified atom stereocenters. The molecule has 2 N–H and O–H groups in total. The molecule has 0 aliphatic carbocycles. The molecule has 1 fully saturated rings. The van der Waals surface area contributed by atoms with Crippen molar-refractivity contribution in [2.24, 2.45) is 0 Å². The summed E-state index contributed by atoms with van der Waals surface area (Å²) in [6, 6.07) is 5.80. The first kappa shape index (κ1) is 20.8. The first-order valence-electron chi connectivity index (χ1n) is 9.02. The lowest BCUT2D eigenvalue weighted by molar-refractivity contribution is -0.125. The van der Waals surface area contributed by atoms with Gasteiger partial charge in [-0.05, 0) is 38.0 Å². The Balaban J connectivity index is 1.77. The van der Waals surface area contributed by atoms with Crippen molar-refractivity contribution in [3.05, 3.63) is 52.3 Å². The zero-order chi connectivity index (χ0) is 20.5. The summed E-state index contributed by atoms with van der Waals surface area (Å²) < 4.78 is 30.6. The average Bonchev–Trinajstić information content (AvgIpc) is 3.04. The minimum atomic E-state index is -3.79. The third-order valence-corrected chi connectivity index (χ3v) is 6.78. The SMILES string of the molecule is CCn1cc([C@H]2C[C@H](C(=O)NCc3ccc(Cl)cc3)N(C)S(=O)(=O)N2)c(C)n1. The van der Waals surface area contributed by atoms with E-state index in [2.05, 4.69) is 15.1 Å². The van der Waals surface area contributed by atoms with Crippen LogP contribution in [0.1, 0.15) is 36.2 Å². The summed E-state index contributed by atoms with van der Waals surface area (Å²) in [5.74, 6) is -0.340. The maximum Gasteiger partial charge on any atom is 0.280 e. The van der Waals surface area contributed by atoms with E-state index in [9.17, 15) is 13.2 Å². The maximum atomic E-state index is 12.8. The number of likely N-dealkylation sites (N-methyl/N-ethyl adjacent to an activating group) is 1. The number of nitrogens with one attached hydrogen (secondary N) is 2. The summed E-state index contributed by atoms with van der Waals surface area (Å²) in [4.78, 5) is 12.8. The molecule has 1 aromatic heterocycles. The van der Waals surface area contributed by atoms with Crippen molar-refractivity contribution in [3.63, 3.8) is 0 Å². The first-order valence-corrected chi connectivity index (χ1v) is 10.8. The predicted molar refractivity (Wildman–Crippen MR) is 107 cm³/mol. The van der Waals surface area contributed by atoms with Gasteiger partial charge in [0.05, 0.1) is 11.7 Å². The van der Waals surface area contributed by atoms with Crippen molar-refractivity contribution in [3.8, 4) is 0 Å². The standard InChI is InChI=1S/C18H24ClN5O3S/c1-4-24-11-15(12(2)21-24)16-9-17(23(3)28(26,27)22-16)18(25)20-10-13-5-7-14(19)8-6-13/h5-8,11,16-17,22H,4,9-10H2,1-3H3,(H,20,25)/t16-,17-/m1/s1. The number of hydrogen-bond donors (Lipinski definition) is 2. The lowest BCUT2D eigenvalue weighted by Crippen LogP contribution is -2.57. The van der Waals surface area contributed by atoms with Gasteiger partial charge in [-0.25, -0.2) is 0 Å². The van der Waals surface area contributed by atoms with E-state index in [0.717, 1.165) is 21.1 Å². The quantitative estimate of drug-likeness (QED) is 0.762. The fourth-order valence-electron chi connectivity index (χ4n) is 3.26. The van der Waals surface area contributed by atoms with E-state index in [4.69, 9.17) is 11.6 Å². The Labute approximate surface area is 170 Å². The second kappa shape index (κ2) is 8.20. The van der Waals surface area contributed by atoms with Crippen LogP contribution < -0.4 is 10.0 Å². The number of amides is 1. The average molecular weight is 426 g/mol. The van der Waals surface area contributed by atoms with Gasteiger partial charge in [-0.1, -0.05) is 23.7 Å². The lowest BCUT2D eigenvalue weighted by atomic mass is 10.00. The van der Waals surface area contributed by atoms with Crippen molar-refractivity contribution in [2.45, 2.75) is 45.4 Å². The van der Waals surface area contributed by atoms with Crippen molar-refractivity contribution in [1.82, 2.24) is 24.1 Å². The molecule has 28 heavy (non-hydrogen) atoms. The molecule has 3 rings (SSSR count). The number of carbonyl (C=O) groups is 1. The van der Waals surface area contributed by atoms with E-state index in [1.54, 1.807) is 16.8 Å². The highest BCUT2D eigenvalue weighted by molar-refractivity contribution is 7.87. The largest absolute Gasteiger partial charge is 0.351 e. The van der Waals surface area contributed by atoms with Gasteiger partial charge in [0.1, 0.15) is 6.04 Å². The normalized spacial score (nSPS) is 22.1. The molecule has 1 aliphatic heterocycles. The van der Waals surface area contributed by atoms with Crippen LogP contribution in [0, 0.1) is 6.92 Å². The zero-order valence-corrected chi connectivity index (χ0v) is 17.6. The molecule has 1 saturated heterocycles. The predicted octanol–water partition coefficient (Wildman–Crippen LogP) is 1.76. The van der Waals surface area contributed by atoms with Crippen LogP contribution in [-0.4, -0.2) is 41.5 Å². The second-order valence-electron chi connectivity index (χ2n) is 6.81. The summed E-state index contributed by atoms with van der Waals surface area (Å²) in [5.41, 5.74) is 2.42. The molecule has 2 heterocycles. The zero-order valence-electron chi connectivity index (χ0n) is 16.0. The van der Waals surface area contributed by atoms with Gasteiger partial charge in [0, 0.05) is 36.9 Å². The van der Waals surface area contributed by atoms with E-state index < -0.39 is 22.3 Å². The van der Waals surface area contributed by atoms with Crippen LogP contribution in [0.4, 0.5) is 0 Å². The smallest absolute Gasteiger partial charge is 0.280 e. The first-order chi connectivity index (χ1) is 13.2. The van der Waals surface area contributed by atoms with Crippen LogP contribution in [0.25, 0.3) is 0 Å². The fraction of sp³-hybridized carbons (Fsp3) is 0.444. The Hall–Kier alpha value is -1.94. The van der Waals surface area contributed by atoms with E-state index in [-0.39, 0.29) is 5.91 Å². The Morgan fingerprint density at radius 2 is 2.04 bits per heavy atom. The van der Waals surface area contributed by atoms with E-state index in [0.29, 0.717) is 24.5 Å². The summed E-state index contributed by atoms with van der Waals surface area (Å²) in [5, 5.41) is 7.82. The van der Waals surface area contributed by atoms with Gasteiger partial charge in [-0.3, -0.25) is 9.48 Å². The van der Waals surface area contributed by atoms with E-state index >= 15 is 0 Å². The number of carbonyl (C=O) groups excluding carboxylic acids is 1. The molecular weight excluding hydrogens is 402 g/mol. The molecular formula is C18H24ClN5O3S. The molecule has 10 heteroatoms. The summed E-state index contributed by atoms with van der Waals surface area (Å²) in [7, 11) is -2.38. The van der Waals surface area contributed by atoms with E-state index in [1.807, 2.05) is 32.2 Å². The molecule has 0 saturated carbocycles. The van der Waals surface area contributed by atoms with Crippen LogP contribution in [0.2, 0.25) is 5.02 Å². The number of benzene rings is 1. The summed E-state index contributed by atoms with van der Waals surface area (Å²) in [6.45, 7) is 4.78. The van der Waals surface area contributed by atoms with Crippen molar-refractivity contribution in [1.29, 1.82) is 0 Å². The fourth-order valence-corrected chi connectivity index (χ4v) is 4.65. The minimum Gasteiger partial charge on any atom is -0.351 e. The lowest BCUT2D eigenvalue weighted by Gasteiger charge is -2.36. The number of hydrogen-bond acceptors (Lipinski definition) is 4. The molecule has 8 nitrogen and oxygen atoms in total. The summed E-state index contributed by atoms with van der Waals surface area (Å²) in [6.07, 6.45) is 2.15. The van der Waals surface area contributed by atoms with Crippen molar-refractivity contribution in [2.75, 3.05) is 7.05 Å². The highest BCUT2D eigenvalue weighted by Gasteiger charge is 2.41. The van der Waals surface area contributed by atoms with Gasteiger partial charge in [-0.15, -0.1) is 0 Å². The molecule has 152 valence electrons. The van der Waals surface area contributed by atoms with Crippen molar-refractivity contribution < 1.29 is 13.2 Å². The van der Waals surface area contributed by atoms with Gasteiger partial charge in [0.25, 0.3) is 10.2 Å². The van der Waals surface area contributed by atoms with E-state index in [1.165, 1.54) is 7.05 Å². The number of rotatable bonds is 5. The van der Waals surface area contributed by atoms with Gasteiger partial charge >= 0.3 is 0 Å². The molecule has 0 radical (unpaired) electrons. The van der Waals surface area contributed by atoms with Gasteiger partial charge < -0.3 is 5.32 Å². The van der Waals surface area contributed by atoms with Gasteiger partial charge in [-0.2, -0.15) is 22.5 Å². The van der Waals surface area contributed by atoms with Crippen LogP contribution in [-0.2, 0) is 28.1 Å². The van der Waals surface area contributed by atoms with Gasteiger partial charge in [0.15, 0.2) is 0 Å². The molecule has 2 atom stereocenters. The minimum absolute atomic E-state index is 0.297. The molecule has 0 spiro atoms. The monoisotopic (exact) mass is 425 g/mol. The van der Waals surface area contributed by atoms with Crippen molar-refractivity contribution >= 4 is 27.7 Å².